The van der Waals surface area contributed by atoms with Gasteiger partial charge in [0.15, 0.2) is 0 Å². The number of fused-ring (bicyclic) bond motifs is 2. The van der Waals surface area contributed by atoms with Gasteiger partial charge in [0.05, 0.1) is 5.56 Å². The minimum absolute atomic E-state index is 0.0124. The van der Waals surface area contributed by atoms with Gasteiger partial charge < -0.3 is 15.0 Å². The number of amides is 1. The topological polar surface area (TPSA) is 73.4 Å². The number of aromatic carboxylic acids is 1. The third-order valence-corrected chi connectivity index (χ3v) is 8.52. The van der Waals surface area contributed by atoms with Crippen LogP contribution in [0.3, 0.4) is 0 Å². The first-order valence-electron chi connectivity index (χ1n) is 13.4. The zero-order valence-corrected chi connectivity index (χ0v) is 22.5. The van der Waals surface area contributed by atoms with Gasteiger partial charge in [0.25, 0.3) is 5.91 Å². The summed E-state index contributed by atoms with van der Waals surface area (Å²) in [5, 5.41) is 10.3. The van der Waals surface area contributed by atoms with Crippen molar-refractivity contribution >= 4 is 28.4 Å². The van der Waals surface area contributed by atoms with Crippen LogP contribution in [0.4, 0.5) is 0 Å². The second-order valence-electron chi connectivity index (χ2n) is 11.5. The zero-order valence-electron chi connectivity index (χ0n) is 22.5. The second kappa shape index (κ2) is 9.12. The highest BCUT2D eigenvalue weighted by molar-refractivity contribution is 6.09. The van der Waals surface area contributed by atoms with Crippen molar-refractivity contribution in [3.8, 4) is 11.1 Å². The molecule has 6 rings (SSSR count). The van der Waals surface area contributed by atoms with Crippen molar-refractivity contribution in [2.24, 2.45) is 10.8 Å². The van der Waals surface area contributed by atoms with Crippen molar-refractivity contribution in [3.05, 3.63) is 113 Å². The van der Waals surface area contributed by atoms with Crippen LogP contribution >= 0.6 is 0 Å². The number of hydrogen-bond acceptors (Lipinski definition) is 2. The van der Waals surface area contributed by atoms with E-state index in [-0.39, 0.29) is 22.3 Å². The predicted molar refractivity (Wildman–Crippen MR) is 156 cm³/mol. The minimum Gasteiger partial charge on any atom is -0.478 e. The number of aromatic amines is 1. The summed E-state index contributed by atoms with van der Waals surface area (Å²) in [6.07, 6.45) is 5.32. The number of nitrogens with zero attached hydrogens (tertiary/aromatic N) is 1. The summed E-state index contributed by atoms with van der Waals surface area (Å²) in [7, 11) is 0. The summed E-state index contributed by atoms with van der Waals surface area (Å²) in [5.74, 6) is -0.908. The lowest BCUT2D eigenvalue weighted by Gasteiger charge is -2.50. The van der Waals surface area contributed by atoms with Crippen LogP contribution in [0, 0.1) is 10.8 Å². The molecule has 1 aliphatic heterocycles. The van der Waals surface area contributed by atoms with Crippen LogP contribution in [0.15, 0.2) is 96.6 Å². The Balaban J connectivity index is 1.34. The monoisotopic (exact) mass is 516 g/mol. The van der Waals surface area contributed by atoms with Crippen LogP contribution in [-0.2, 0) is 0 Å². The molecule has 1 amide bonds. The van der Waals surface area contributed by atoms with E-state index in [4.69, 9.17) is 0 Å². The SMILES string of the molecule is CC1(C)C(c2ccc(C(=O)O)cc2)=CC[C@]2(C)CN(C(=O)c3[nH]c4ccccc4c3-c3ccccc3)CC=C12. The molecular weight excluding hydrogens is 484 g/mol. The Morgan fingerprint density at radius 3 is 2.26 bits per heavy atom. The van der Waals surface area contributed by atoms with Gasteiger partial charge in [0, 0.05) is 40.4 Å². The molecule has 5 nitrogen and oxygen atoms in total. The van der Waals surface area contributed by atoms with Gasteiger partial charge in [-0.05, 0) is 41.3 Å². The smallest absolute Gasteiger partial charge is 0.335 e. The van der Waals surface area contributed by atoms with E-state index >= 15 is 0 Å². The standard InChI is InChI=1S/C34H32N2O3/c1-33(2)26(22-13-15-24(16-14-22)32(38)39)17-19-34(3)21-36(20-18-28(33)34)31(37)30-29(23-9-5-4-6-10-23)25-11-7-8-12-27(25)35-30/h4-18,35H,19-21H2,1-3H3,(H,38,39)/t34-/m1/s1. The third-order valence-electron chi connectivity index (χ3n) is 8.52. The fraction of sp³-hybridized carbons (Fsp3) is 0.235. The van der Waals surface area contributed by atoms with Gasteiger partial charge in [-0.1, -0.05) is 99.2 Å². The molecule has 1 aromatic heterocycles. The lowest BCUT2D eigenvalue weighted by molar-refractivity contribution is 0.0675. The van der Waals surface area contributed by atoms with Crippen LogP contribution in [0.1, 0.15) is 53.6 Å². The highest BCUT2D eigenvalue weighted by Gasteiger charge is 2.46. The molecular formula is C34H32N2O3. The van der Waals surface area contributed by atoms with E-state index < -0.39 is 5.97 Å². The van der Waals surface area contributed by atoms with Crippen LogP contribution in [-0.4, -0.2) is 40.0 Å². The molecule has 0 unspecified atom stereocenters. The number of H-pyrrole nitrogens is 1. The summed E-state index contributed by atoms with van der Waals surface area (Å²) < 4.78 is 0. The average molecular weight is 517 g/mol. The molecule has 0 saturated carbocycles. The van der Waals surface area contributed by atoms with E-state index in [1.54, 1.807) is 12.1 Å². The lowest BCUT2D eigenvalue weighted by atomic mass is 9.58. The minimum atomic E-state index is -0.920. The number of carboxylic acids is 1. The molecule has 196 valence electrons. The highest BCUT2D eigenvalue weighted by atomic mass is 16.4. The lowest BCUT2D eigenvalue weighted by Crippen LogP contribution is -2.48. The van der Waals surface area contributed by atoms with Crippen molar-refractivity contribution in [3.63, 3.8) is 0 Å². The molecule has 5 heteroatoms. The molecule has 1 aliphatic carbocycles. The average Bonchev–Trinajstić information content (AvgIpc) is 3.32. The molecule has 2 heterocycles. The molecule has 0 saturated heterocycles. The van der Waals surface area contributed by atoms with Gasteiger partial charge in [-0.3, -0.25) is 4.79 Å². The van der Waals surface area contributed by atoms with E-state index in [0.717, 1.165) is 34.0 Å². The summed E-state index contributed by atoms with van der Waals surface area (Å²) in [6.45, 7) is 7.89. The molecule has 0 bridgehead atoms. The van der Waals surface area contributed by atoms with E-state index in [0.29, 0.717) is 18.8 Å². The van der Waals surface area contributed by atoms with Crippen molar-refractivity contribution in [2.45, 2.75) is 27.2 Å². The van der Waals surface area contributed by atoms with Gasteiger partial charge in [0.2, 0.25) is 0 Å². The maximum absolute atomic E-state index is 14.1. The van der Waals surface area contributed by atoms with Gasteiger partial charge >= 0.3 is 5.97 Å². The Morgan fingerprint density at radius 2 is 1.54 bits per heavy atom. The molecule has 2 N–H and O–H groups in total. The molecule has 0 spiro atoms. The molecule has 4 aromatic rings. The molecule has 1 atom stereocenters. The molecule has 0 fully saturated rings. The summed E-state index contributed by atoms with van der Waals surface area (Å²) in [4.78, 5) is 30.9. The van der Waals surface area contributed by atoms with Crippen molar-refractivity contribution in [2.75, 3.05) is 13.1 Å². The Morgan fingerprint density at radius 1 is 0.846 bits per heavy atom. The predicted octanol–water partition coefficient (Wildman–Crippen LogP) is 7.44. The first-order valence-corrected chi connectivity index (χ1v) is 13.4. The highest BCUT2D eigenvalue weighted by Crippen LogP contribution is 2.55. The molecule has 3 aromatic carbocycles. The first kappa shape index (κ1) is 24.9. The fourth-order valence-corrected chi connectivity index (χ4v) is 6.72. The van der Waals surface area contributed by atoms with E-state index in [2.05, 4.69) is 56.1 Å². The van der Waals surface area contributed by atoms with Crippen LogP contribution in [0.2, 0.25) is 0 Å². The van der Waals surface area contributed by atoms with Gasteiger partial charge in [0.1, 0.15) is 5.69 Å². The number of carbonyl (C=O) groups is 2. The Labute approximate surface area is 228 Å². The molecule has 0 radical (unpaired) electrons. The normalized spacial score (nSPS) is 20.2. The molecule has 2 aliphatic rings. The van der Waals surface area contributed by atoms with Gasteiger partial charge in [-0.2, -0.15) is 0 Å². The fourth-order valence-electron chi connectivity index (χ4n) is 6.72. The Kier molecular flexibility index (Phi) is 5.83. The van der Waals surface area contributed by atoms with Crippen molar-refractivity contribution in [1.82, 2.24) is 9.88 Å². The zero-order chi connectivity index (χ0) is 27.4. The van der Waals surface area contributed by atoms with Crippen LogP contribution in [0.25, 0.3) is 27.6 Å². The number of rotatable bonds is 4. The van der Waals surface area contributed by atoms with Crippen molar-refractivity contribution in [1.29, 1.82) is 0 Å². The number of nitrogens with one attached hydrogen (secondary N) is 1. The molecule has 39 heavy (non-hydrogen) atoms. The first-order chi connectivity index (χ1) is 18.7. The number of hydrogen-bond donors (Lipinski definition) is 2. The van der Waals surface area contributed by atoms with Crippen LogP contribution < -0.4 is 0 Å². The summed E-state index contributed by atoms with van der Waals surface area (Å²) in [5.41, 5.74) is 6.98. The maximum atomic E-state index is 14.1. The number of carbonyl (C=O) groups excluding carboxylic acids is 1. The van der Waals surface area contributed by atoms with Crippen LogP contribution in [0.5, 0.6) is 0 Å². The van der Waals surface area contributed by atoms with E-state index in [1.165, 1.54) is 11.1 Å². The van der Waals surface area contributed by atoms with Crippen molar-refractivity contribution < 1.29 is 14.7 Å². The maximum Gasteiger partial charge on any atom is 0.335 e. The summed E-state index contributed by atoms with van der Waals surface area (Å²) >= 11 is 0. The number of para-hydroxylation sites is 1. The Hall–Kier alpha value is -4.38. The Bertz CT molecular complexity index is 1660. The van der Waals surface area contributed by atoms with Gasteiger partial charge in [-0.25, -0.2) is 4.79 Å². The van der Waals surface area contributed by atoms with E-state index in [1.807, 2.05) is 53.4 Å². The number of carboxylic acid groups (broad SMARTS) is 1. The third kappa shape index (κ3) is 4.09. The number of benzene rings is 3. The second-order valence-corrected chi connectivity index (χ2v) is 11.5. The largest absolute Gasteiger partial charge is 0.478 e. The summed E-state index contributed by atoms with van der Waals surface area (Å²) in [6, 6.07) is 25.3. The number of allylic oxidation sites excluding steroid dienone is 2. The van der Waals surface area contributed by atoms with E-state index in [9.17, 15) is 14.7 Å². The van der Waals surface area contributed by atoms with Gasteiger partial charge in [-0.15, -0.1) is 0 Å². The number of aromatic nitrogens is 1. The quantitative estimate of drug-likeness (QED) is 0.277.